The van der Waals surface area contributed by atoms with E-state index in [2.05, 4.69) is 10.1 Å². The molecule has 130 valence electrons. The third-order valence-electron chi connectivity index (χ3n) is 4.03. The molecule has 0 unspecified atom stereocenters. The molecule has 0 saturated carbocycles. The number of amides is 3. The van der Waals surface area contributed by atoms with Gasteiger partial charge in [0.15, 0.2) is 0 Å². The highest BCUT2D eigenvalue weighted by atomic mass is 16.5. The quantitative estimate of drug-likeness (QED) is 0.642. The van der Waals surface area contributed by atoms with Crippen molar-refractivity contribution in [1.29, 1.82) is 0 Å². The molecule has 7 heteroatoms. The first-order chi connectivity index (χ1) is 12.1. The molecule has 0 radical (unpaired) electrons. The average Bonchev–Trinajstić information content (AvgIpc) is 3.20. The van der Waals surface area contributed by atoms with E-state index in [0.29, 0.717) is 18.6 Å². The van der Waals surface area contributed by atoms with Gasteiger partial charge in [-0.1, -0.05) is 30.3 Å². The minimum absolute atomic E-state index is 0.0243. The molecule has 7 nitrogen and oxygen atoms in total. The Balaban J connectivity index is 1.61. The summed E-state index contributed by atoms with van der Waals surface area (Å²) in [6, 6.07) is 11.8. The Labute approximate surface area is 144 Å². The summed E-state index contributed by atoms with van der Waals surface area (Å²) in [5, 5.41) is 2.69. The average molecular weight is 342 g/mol. The van der Waals surface area contributed by atoms with E-state index in [1.807, 2.05) is 30.3 Å². The van der Waals surface area contributed by atoms with Crippen molar-refractivity contribution in [3.8, 4) is 0 Å². The maximum Gasteiger partial charge on any atom is 0.373 e. The van der Waals surface area contributed by atoms with Gasteiger partial charge in [0.1, 0.15) is 11.8 Å². The number of hydrogen-bond acceptors (Lipinski definition) is 5. The van der Waals surface area contributed by atoms with E-state index >= 15 is 0 Å². The van der Waals surface area contributed by atoms with Gasteiger partial charge in [-0.25, -0.2) is 9.59 Å². The van der Waals surface area contributed by atoms with E-state index in [4.69, 9.17) is 4.42 Å². The van der Waals surface area contributed by atoms with E-state index in [1.165, 1.54) is 13.2 Å². The van der Waals surface area contributed by atoms with E-state index < -0.39 is 18.0 Å². The summed E-state index contributed by atoms with van der Waals surface area (Å²) < 4.78 is 9.87. The van der Waals surface area contributed by atoms with Crippen LogP contribution in [0.5, 0.6) is 0 Å². The van der Waals surface area contributed by atoms with Crippen molar-refractivity contribution in [2.24, 2.45) is 0 Å². The van der Waals surface area contributed by atoms with Gasteiger partial charge in [-0.15, -0.1) is 0 Å². The van der Waals surface area contributed by atoms with Crippen molar-refractivity contribution >= 4 is 17.9 Å². The summed E-state index contributed by atoms with van der Waals surface area (Å²) in [5.41, 5.74) is 1.11. The zero-order valence-electron chi connectivity index (χ0n) is 13.7. The molecule has 0 spiro atoms. The fourth-order valence-corrected chi connectivity index (χ4v) is 2.71. The molecule has 2 aromatic rings. The summed E-state index contributed by atoms with van der Waals surface area (Å²) >= 11 is 0. The van der Waals surface area contributed by atoms with Crippen molar-refractivity contribution < 1.29 is 23.5 Å². The fourth-order valence-electron chi connectivity index (χ4n) is 2.71. The monoisotopic (exact) mass is 342 g/mol. The van der Waals surface area contributed by atoms with Crippen molar-refractivity contribution in [2.75, 3.05) is 7.11 Å². The number of imide groups is 1. The standard InChI is InChI=1S/C18H18N2O5/c1-24-17(22)15-10-8-13(25-15)11-20-16(21)14(19-18(20)23)9-7-12-5-3-2-4-6-12/h2-6,8,10,14H,7,9,11H2,1H3,(H,19,23)/t14-/m0/s1. The molecule has 0 aliphatic carbocycles. The van der Waals surface area contributed by atoms with Crippen LogP contribution in [-0.4, -0.2) is 36.0 Å². The van der Waals surface area contributed by atoms with Crippen molar-refractivity contribution in [1.82, 2.24) is 10.2 Å². The van der Waals surface area contributed by atoms with Crippen molar-refractivity contribution in [3.05, 3.63) is 59.5 Å². The number of carbonyl (C=O) groups is 3. The van der Waals surface area contributed by atoms with Crippen LogP contribution in [0.1, 0.15) is 28.3 Å². The summed E-state index contributed by atoms with van der Waals surface area (Å²) in [5.74, 6) is -0.529. The number of methoxy groups -OCH3 is 1. The third kappa shape index (κ3) is 3.71. The molecule has 1 N–H and O–H groups in total. The summed E-state index contributed by atoms with van der Waals surface area (Å²) in [6.45, 7) is -0.0243. The van der Waals surface area contributed by atoms with Gasteiger partial charge in [-0.05, 0) is 30.5 Å². The maximum absolute atomic E-state index is 12.4. The Morgan fingerprint density at radius 2 is 1.96 bits per heavy atom. The minimum Gasteiger partial charge on any atom is -0.463 e. The highest BCUT2D eigenvalue weighted by Gasteiger charge is 2.38. The lowest BCUT2D eigenvalue weighted by Gasteiger charge is -2.11. The van der Waals surface area contributed by atoms with Gasteiger partial charge in [-0.2, -0.15) is 0 Å². The number of furan rings is 1. The van der Waals surface area contributed by atoms with Crippen LogP contribution >= 0.6 is 0 Å². The van der Waals surface area contributed by atoms with Crippen molar-refractivity contribution in [3.63, 3.8) is 0 Å². The molecule has 1 atom stereocenters. The number of nitrogens with one attached hydrogen (secondary N) is 1. The van der Waals surface area contributed by atoms with Crippen LogP contribution in [0.15, 0.2) is 46.9 Å². The van der Waals surface area contributed by atoms with E-state index in [0.717, 1.165) is 10.5 Å². The van der Waals surface area contributed by atoms with Gasteiger partial charge >= 0.3 is 12.0 Å². The first-order valence-electron chi connectivity index (χ1n) is 7.91. The number of nitrogens with zero attached hydrogens (tertiary/aromatic N) is 1. The number of hydrogen-bond donors (Lipinski definition) is 1. The highest BCUT2D eigenvalue weighted by Crippen LogP contribution is 2.18. The second kappa shape index (κ2) is 7.21. The lowest BCUT2D eigenvalue weighted by atomic mass is 10.1. The van der Waals surface area contributed by atoms with E-state index in [-0.39, 0.29) is 18.2 Å². The molecule has 1 fully saturated rings. The predicted molar refractivity (Wildman–Crippen MR) is 87.7 cm³/mol. The smallest absolute Gasteiger partial charge is 0.373 e. The normalized spacial score (nSPS) is 16.8. The molecule has 1 aliphatic heterocycles. The molecule has 1 aromatic carbocycles. The molecule has 3 rings (SSSR count). The first-order valence-corrected chi connectivity index (χ1v) is 7.91. The fraction of sp³-hybridized carbons (Fsp3) is 0.278. The number of carbonyl (C=O) groups excluding carboxylic acids is 3. The second-order valence-electron chi connectivity index (χ2n) is 5.71. The summed E-state index contributed by atoms with van der Waals surface area (Å²) in [7, 11) is 1.25. The number of rotatable bonds is 6. The number of benzene rings is 1. The third-order valence-corrected chi connectivity index (χ3v) is 4.03. The topological polar surface area (TPSA) is 88.9 Å². The van der Waals surface area contributed by atoms with Crippen LogP contribution in [0.2, 0.25) is 0 Å². The predicted octanol–water partition coefficient (Wildman–Crippen LogP) is 2.12. The van der Waals surface area contributed by atoms with Crippen LogP contribution in [0, 0.1) is 0 Å². The number of urea groups is 1. The Morgan fingerprint density at radius 1 is 1.20 bits per heavy atom. The first kappa shape index (κ1) is 16.8. The number of esters is 1. The van der Waals surface area contributed by atoms with Gasteiger partial charge < -0.3 is 14.5 Å². The number of aryl methyl sites for hydroxylation is 1. The SMILES string of the molecule is COC(=O)c1ccc(CN2C(=O)N[C@@H](CCc3ccccc3)C2=O)o1. The number of ether oxygens (including phenoxy) is 1. The van der Waals surface area contributed by atoms with Gasteiger partial charge in [0.25, 0.3) is 5.91 Å². The second-order valence-corrected chi connectivity index (χ2v) is 5.71. The Hall–Kier alpha value is -3.09. The van der Waals surface area contributed by atoms with Crippen LogP contribution in [0.4, 0.5) is 4.79 Å². The molecule has 0 bridgehead atoms. The maximum atomic E-state index is 12.4. The van der Waals surface area contributed by atoms with Crippen LogP contribution < -0.4 is 5.32 Å². The summed E-state index contributed by atoms with van der Waals surface area (Å²) in [4.78, 5) is 37.0. The van der Waals surface area contributed by atoms with Gasteiger partial charge in [0.2, 0.25) is 5.76 Å². The van der Waals surface area contributed by atoms with E-state index in [9.17, 15) is 14.4 Å². The van der Waals surface area contributed by atoms with Gasteiger partial charge in [0.05, 0.1) is 13.7 Å². The highest BCUT2D eigenvalue weighted by molar-refractivity contribution is 6.04. The summed E-state index contributed by atoms with van der Waals surface area (Å²) in [6.07, 6.45) is 1.22. The minimum atomic E-state index is -0.607. The Kier molecular flexibility index (Phi) is 4.83. The van der Waals surface area contributed by atoms with E-state index in [1.54, 1.807) is 6.07 Å². The van der Waals surface area contributed by atoms with Crippen molar-refractivity contribution in [2.45, 2.75) is 25.4 Å². The zero-order valence-corrected chi connectivity index (χ0v) is 13.7. The van der Waals surface area contributed by atoms with Crippen LogP contribution in [0.3, 0.4) is 0 Å². The Morgan fingerprint density at radius 3 is 2.68 bits per heavy atom. The largest absolute Gasteiger partial charge is 0.463 e. The lowest BCUT2D eigenvalue weighted by molar-refractivity contribution is -0.128. The van der Waals surface area contributed by atoms with Gasteiger partial charge in [0, 0.05) is 0 Å². The zero-order chi connectivity index (χ0) is 17.8. The molecule has 25 heavy (non-hydrogen) atoms. The Bertz CT molecular complexity index is 784. The molecule has 3 amide bonds. The van der Waals surface area contributed by atoms with Gasteiger partial charge in [-0.3, -0.25) is 9.69 Å². The molecular weight excluding hydrogens is 324 g/mol. The molecule has 2 heterocycles. The molecule has 1 saturated heterocycles. The molecular formula is C18H18N2O5. The van der Waals surface area contributed by atoms with Crippen LogP contribution in [-0.2, 0) is 22.5 Å². The molecule has 1 aromatic heterocycles. The van der Waals surface area contributed by atoms with Crippen LogP contribution in [0.25, 0.3) is 0 Å². The lowest BCUT2D eigenvalue weighted by Crippen LogP contribution is -2.31. The molecule has 1 aliphatic rings.